The van der Waals surface area contributed by atoms with Gasteiger partial charge in [0.2, 0.25) is 0 Å². The molecule has 1 saturated heterocycles. The Hall–Kier alpha value is -2.13. The lowest BCUT2D eigenvalue weighted by Crippen LogP contribution is -2.47. The molecule has 3 nitrogen and oxygen atoms in total. The lowest BCUT2D eigenvalue weighted by molar-refractivity contribution is -0.150. The van der Waals surface area contributed by atoms with Crippen LogP contribution < -0.4 is 0 Å². The first-order valence-corrected chi connectivity index (χ1v) is 11.3. The van der Waals surface area contributed by atoms with E-state index < -0.39 is 5.41 Å². The first-order valence-electron chi connectivity index (χ1n) is 11.3. The van der Waals surface area contributed by atoms with E-state index in [0.29, 0.717) is 12.6 Å². The third-order valence-corrected chi connectivity index (χ3v) is 6.98. The average Bonchev–Trinajstić information content (AvgIpc) is 3.27. The zero-order valence-electron chi connectivity index (χ0n) is 17.6. The molecule has 0 aromatic heterocycles. The SMILES string of the molecule is CCOC(=O)C(c1ccccc1)(c1ccccc1)[C@@H]1CCN(C2CCCCC2)C1. The van der Waals surface area contributed by atoms with Crippen molar-refractivity contribution >= 4 is 5.97 Å². The molecular formula is C26H33NO2. The van der Waals surface area contributed by atoms with Gasteiger partial charge in [0.25, 0.3) is 0 Å². The third kappa shape index (κ3) is 3.85. The number of rotatable bonds is 6. The van der Waals surface area contributed by atoms with Crippen LogP contribution in [0.4, 0.5) is 0 Å². The molecule has 2 aliphatic rings. The van der Waals surface area contributed by atoms with Crippen LogP contribution in [-0.4, -0.2) is 36.6 Å². The molecule has 2 fully saturated rings. The van der Waals surface area contributed by atoms with Gasteiger partial charge >= 0.3 is 5.97 Å². The predicted octanol–water partition coefficient (Wildman–Crippen LogP) is 5.19. The Morgan fingerprint density at radius 3 is 2.07 bits per heavy atom. The topological polar surface area (TPSA) is 29.5 Å². The summed E-state index contributed by atoms with van der Waals surface area (Å²) in [7, 11) is 0. The van der Waals surface area contributed by atoms with Gasteiger partial charge in [0.15, 0.2) is 0 Å². The van der Waals surface area contributed by atoms with Crippen LogP contribution in [0.1, 0.15) is 56.6 Å². The molecule has 29 heavy (non-hydrogen) atoms. The number of benzene rings is 2. The molecule has 2 aromatic rings. The van der Waals surface area contributed by atoms with E-state index in [4.69, 9.17) is 4.74 Å². The number of carbonyl (C=O) groups excluding carboxylic acids is 1. The summed E-state index contributed by atoms with van der Waals surface area (Å²) in [6.07, 6.45) is 7.68. The fourth-order valence-corrected chi connectivity index (χ4v) is 5.61. The minimum atomic E-state index is -0.748. The number of carbonyl (C=O) groups is 1. The Morgan fingerprint density at radius 1 is 0.931 bits per heavy atom. The quantitative estimate of drug-likeness (QED) is 0.635. The maximum Gasteiger partial charge on any atom is 0.321 e. The molecule has 0 spiro atoms. The molecule has 0 bridgehead atoms. The van der Waals surface area contributed by atoms with E-state index in [1.54, 1.807) is 0 Å². The highest BCUT2D eigenvalue weighted by molar-refractivity contribution is 5.88. The zero-order valence-corrected chi connectivity index (χ0v) is 17.6. The van der Waals surface area contributed by atoms with E-state index in [-0.39, 0.29) is 11.9 Å². The molecule has 1 heterocycles. The smallest absolute Gasteiger partial charge is 0.321 e. The fraction of sp³-hybridized carbons (Fsp3) is 0.500. The number of likely N-dealkylation sites (tertiary alicyclic amines) is 1. The second-order valence-corrected chi connectivity index (χ2v) is 8.53. The molecule has 3 heteroatoms. The standard InChI is InChI=1S/C26H33NO2/c1-2-29-25(28)26(21-12-6-3-7-13-21,22-14-8-4-9-15-22)23-18-19-27(20-23)24-16-10-5-11-17-24/h3-4,6-9,12-15,23-24H,2,5,10-11,16-20H2,1H3/t23-/m1/s1. The number of esters is 1. The van der Waals surface area contributed by atoms with Crippen molar-refractivity contribution in [1.29, 1.82) is 0 Å². The van der Waals surface area contributed by atoms with E-state index >= 15 is 0 Å². The molecule has 1 atom stereocenters. The molecule has 0 amide bonds. The first-order chi connectivity index (χ1) is 14.3. The molecule has 1 saturated carbocycles. The van der Waals surface area contributed by atoms with Gasteiger partial charge in [-0.2, -0.15) is 0 Å². The average molecular weight is 392 g/mol. The van der Waals surface area contributed by atoms with Crippen molar-refractivity contribution in [2.24, 2.45) is 5.92 Å². The summed E-state index contributed by atoms with van der Waals surface area (Å²) >= 11 is 0. The first kappa shape index (κ1) is 20.2. The zero-order chi connectivity index (χ0) is 20.1. The normalized spacial score (nSPS) is 21.2. The van der Waals surface area contributed by atoms with Crippen LogP contribution in [0.2, 0.25) is 0 Å². The van der Waals surface area contributed by atoms with Gasteiger partial charge in [-0.05, 0) is 49.8 Å². The van der Waals surface area contributed by atoms with Crippen LogP contribution in [0.25, 0.3) is 0 Å². The van der Waals surface area contributed by atoms with Gasteiger partial charge in [0.05, 0.1) is 6.61 Å². The maximum absolute atomic E-state index is 13.7. The van der Waals surface area contributed by atoms with E-state index in [1.165, 1.54) is 32.1 Å². The van der Waals surface area contributed by atoms with Crippen LogP contribution in [0.3, 0.4) is 0 Å². The number of hydrogen-bond donors (Lipinski definition) is 0. The van der Waals surface area contributed by atoms with Crippen molar-refractivity contribution in [1.82, 2.24) is 4.90 Å². The summed E-state index contributed by atoms with van der Waals surface area (Å²) in [4.78, 5) is 16.4. The Labute approximate surface area is 175 Å². The lowest BCUT2D eigenvalue weighted by atomic mass is 9.65. The molecule has 4 rings (SSSR count). The van der Waals surface area contributed by atoms with Gasteiger partial charge < -0.3 is 9.64 Å². The maximum atomic E-state index is 13.7. The molecule has 1 aliphatic carbocycles. The van der Waals surface area contributed by atoms with E-state index in [0.717, 1.165) is 30.6 Å². The Morgan fingerprint density at radius 2 is 1.52 bits per heavy atom. The molecule has 1 aliphatic heterocycles. The minimum absolute atomic E-state index is 0.104. The van der Waals surface area contributed by atoms with Crippen molar-refractivity contribution in [2.45, 2.75) is 56.9 Å². The highest BCUT2D eigenvalue weighted by Crippen LogP contribution is 2.45. The van der Waals surface area contributed by atoms with Crippen LogP contribution >= 0.6 is 0 Å². The number of nitrogens with zero attached hydrogens (tertiary/aromatic N) is 1. The van der Waals surface area contributed by atoms with Crippen LogP contribution in [0.15, 0.2) is 60.7 Å². The summed E-state index contributed by atoms with van der Waals surface area (Å²) in [5.74, 6) is 0.112. The number of ether oxygens (including phenoxy) is 1. The largest absolute Gasteiger partial charge is 0.465 e. The Bertz CT molecular complexity index is 743. The van der Waals surface area contributed by atoms with Gasteiger partial charge in [-0.15, -0.1) is 0 Å². The lowest BCUT2D eigenvalue weighted by Gasteiger charge is -2.39. The van der Waals surface area contributed by atoms with E-state index in [1.807, 2.05) is 43.3 Å². The Balaban J connectivity index is 1.76. The predicted molar refractivity (Wildman–Crippen MR) is 117 cm³/mol. The van der Waals surface area contributed by atoms with Crippen LogP contribution in [0.5, 0.6) is 0 Å². The van der Waals surface area contributed by atoms with Gasteiger partial charge in [0.1, 0.15) is 5.41 Å². The minimum Gasteiger partial charge on any atom is -0.465 e. The summed E-state index contributed by atoms with van der Waals surface area (Å²) in [6.45, 7) is 4.35. The van der Waals surface area contributed by atoms with Crippen LogP contribution in [-0.2, 0) is 14.9 Å². The van der Waals surface area contributed by atoms with Gasteiger partial charge in [0, 0.05) is 12.6 Å². The molecule has 154 valence electrons. The second kappa shape index (κ2) is 9.13. The van der Waals surface area contributed by atoms with Crippen molar-refractivity contribution in [3.05, 3.63) is 71.8 Å². The van der Waals surface area contributed by atoms with Gasteiger partial charge in [-0.25, -0.2) is 0 Å². The highest BCUT2D eigenvalue weighted by Gasteiger charge is 2.52. The molecule has 2 aromatic carbocycles. The third-order valence-electron chi connectivity index (χ3n) is 6.98. The van der Waals surface area contributed by atoms with Crippen molar-refractivity contribution in [3.63, 3.8) is 0 Å². The summed E-state index contributed by atoms with van der Waals surface area (Å²) in [6, 6.07) is 21.3. The van der Waals surface area contributed by atoms with Crippen molar-refractivity contribution in [2.75, 3.05) is 19.7 Å². The van der Waals surface area contributed by atoms with E-state index in [2.05, 4.69) is 29.2 Å². The highest BCUT2D eigenvalue weighted by atomic mass is 16.5. The van der Waals surface area contributed by atoms with Crippen molar-refractivity contribution < 1.29 is 9.53 Å². The molecule has 0 radical (unpaired) electrons. The van der Waals surface area contributed by atoms with Gasteiger partial charge in [-0.1, -0.05) is 79.9 Å². The fourth-order valence-electron chi connectivity index (χ4n) is 5.61. The summed E-state index contributed by atoms with van der Waals surface area (Å²) in [5, 5.41) is 0. The summed E-state index contributed by atoms with van der Waals surface area (Å²) in [5.41, 5.74) is 1.36. The van der Waals surface area contributed by atoms with Gasteiger partial charge in [-0.3, -0.25) is 4.79 Å². The summed E-state index contributed by atoms with van der Waals surface area (Å²) < 4.78 is 5.75. The Kier molecular flexibility index (Phi) is 6.34. The molecular weight excluding hydrogens is 358 g/mol. The second-order valence-electron chi connectivity index (χ2n) is 8.53. The molecule has 0 N–H and O–H groups in total. The van der Waals surface area contributed by atoms with Crippen LogP contribution in [0, 0.1) is 5.92 Å². The number of hydrogen-bond acceptors (Lipinski definition) is 3. The monoisotopic (exact) mass is 391 g/mol. The molecule has 0 unspecified atom stereocenters. The van der Waals surface area contributed by atoms with Crippen molar-refractivity contribution in [3.8, 4) is 0 Å². The van der Waals surface area contributed by atoms with E-state index in [9.17, 15) is 4.79 Å².